The molecule has 3 nitrogen and oxygen atoms in total. The standard InChI is InChI=1S/C20H16F3N3S/c1-3-27-17-10-12-6-4-5-7-14(12)24-18(17)19-25-15-11-13(20(21,22)23)8-9-16(15)26(19)2/h4-11H,3H2,1-2H3. The lowest BCUT2D eigenvalue weighted by Gasteiger charge is -2.10. The summed E-state index contributed by atoms with van der Waals surface area (Å²) in [6.45, 7) is 2.05. The van der Waals surface area contributed by atoms with Crippen LogP contribution in [0.4, 0.5) is 13.2 Å². The number of thioether (sulfide) groups is 1. The number of fused-ring (bicyclic) bond motifs is 2. The van der Waals surface area contributed by atoms with E-state index >= 15 is 0 Å². The molecule has 0 atom stereocenters. The minimum Gasteiger partial charge on any atom is -0.326 e. The molecule has 0 aliphatic heterocycles. The highest BCUT2D eigenvalue weighted by molar-refractivity contribution is 7.99. The molecule has 2 aromatic heterocycles. The van der Waals surface area contributed by atoms with Gasteiger partial charge in [0.1, 0.15) is 5.69 Å². The monoisotopic (exact) mass is 387 g/mol. The molecule has 4 rings (SSSR count). The molecule has 0 aliphatic rings. The van der Waals surface area contributed by atoms with Gasteiger partial charge >= 0.3 is 6.18 Å². The number of hydrogen-bond acceptors (Lipinski definition) is 3. The van der Waals surface area contributed by atoms with Crippen LogP contribution in [0, 0.1) is 0 Å². The predicted molar refractivity (Wildman–Crippen MR) is 103 cm³/mol. The first-order chi connectivity index (χ1) is 12.9. The van der Waals surface area contributed by atoms with E-state index < -0.39 is 11.7 Å². The number of halogens is 3. The maximum Gasteiger partial charge on any atom is 0.416 e. The third-order valence-corrected chi connectivity index (χ3v) is 5.32. The van der Waals surface area contributed by atoms with E-state index in [2.05, 4.69) is 11.1 Å². The van der Waals surface area contributed by atoms with Gasteiger partial charge in [0.15, 0.2) is 5.82 Å². The molecule has 7 heteroatoms. The maximum atomic E-state index is 13.0. The van der Waals surface area contributed by atoms with Crippen molar-refractivity contribution in [2.45, 2.75) is 18.0 Å². The average Bonchev–Trinajstić information content (AvgIpc) is 2.97. The number of aryl methyl sites for hydroxylation is 1. The summed E-state index contributed by atoms with van der Waals surface area (Å²) < 4.78 is 40.9. The van der Waals surface area contributed by atoms with E-state index in [0.29, 0.717) is 22.6 Å². The summed E-state index contributed by atoms with van der Waals surface area (Å²) in [5.41, 5.74) is 1.77. The smallest absolute Gasteiger partial charge is 0.326 e. The molecule has 0 unspecified atom stereocenters. The van der Waals surface area contributed by atoms with E-state index in [-0.39, 0.29) is 0 Å². The lowest BCUT2D eigenvalue weighted by molar-refractivity contribution is -0.137. The second kappa shape index (κ2) is 6.56. The summed E-state index contributed by atoms with van der Waals surface area (Å²) >= 11 is 1.64. The van der Waals surface area contributed by atoms with Gasteiger partial charge in [0.2, 0.25) is 0 Å². The molecule has 0 bridgehead atoms. The molecule has 0 radical (unpaired) electrons. The maximum absolute atomic E-state index is 13.0. The molecule has 27 heavy (non-hydrogen) atoms. The van der Waals surface area contributed by atoms with Crippen LogP contribution in [0.5, 0.6) is 0 Å². The van der Waals surface area contributed by atoms with Gasteiger partial charge in [-0.3, -0.25) is 0 Å². The Morgan fingerprint density at radius 3 is 2.52 bits per heavy atom. The molecule has 0 N–H and O–H groups in total. The summed E-state index contributed by atoms with van der Waals surface area (Å²) in [6, 6.07) is 13.5. The van der Waals surface area contributed by atoms with Crippen LogP contribution in [0.1, 0.15) is 12.5 Å². The SMILES string of the molecule is CCSc1cc2ccccc2nc1-c1nc2cc(C(F)(F)F)ccc2n1C. The number of rotatable bonds is 3. The fourth-order valence-electron chi connectivity index (χ4n) is 3.11. The van der Waals surface area contributed by atoms with Crippen LogP contribution < -0.4 is 0 Å². The van der Waals surface area contributed by atoms with Crippen molar-refractivity contribution in [3.63, 3.8) is 0 Å². The molecule has 138 valence electrons. The van der Waals surface area contributed by atoms with Crippen molar-refractivity contribution >= 4 is 33.7 Å². The zero-order valence-corrected chi connectivity index (χ0v) is 15.5. The van der Waals surface area contributed by atoms with E-state index in [1.165, 1.54) is 6.07 Å². The van der Waals surface area contributed by atoms with Crippen LogP contribution in [0.15, 0.2) is 53.4 Å². The third kappa shape index (κ3) is 3.16. The fourth-order valence-corrected chi connectivity index (χ4v) is 3.91. The van der Waals surface area contributed by atoms with Gasteiger partial charge in [-0.1, -0.05) is 25.1 Å². The molecular weight excluding hydrogens is 371 g/mol. The Balaban J connectivity index is 1.95. The molecule has 0 saturated carbocycles. The fraction of sp³-hybridized carbons (Fsp3) is 0.200. The molecular formula is C20H16F3N3S. The van der Waals surface area contributed by atoms with Crippen LogP contribution in [0.2, 0.25) is 0 Å². The first kappa shape index (κ1) is 17.9. The highest BCUT2D eigenvalue weighted by Gasteiger charge is 2.31. The Kier molecular flexibility index (Phi) is 4.34. The van der Waals surface area contributed by atoms with Crippen molar-refractivity contribution < 1.29 is 13.2 Å². The Morgan fingerprint density at radius 1 is 1.00 bits per heavy atom. The largest absolute Gasteiger partial charge is 0.416 e. The number of alkyl halides is 3. The summed E-state index contributed by atoms with van der Waals surface area (Å²) in [5, 5.41) is 1.02. The van der Waals surface area contributed by atoms with Crippen molar-refractivity contribution in [3.05, 3.63) is 54.1 Å². The second-order valence-electron chi connectivity index (χ2n) is 6.16. The number of nitrogens with zero attached hydrogens (tertiary/aromatic N) is 3. The minimum atomic E-state index is -4.39. The van der Waals surface area contributed by atoms with Crippen molar-refractivity contribution in [2.75, 3.05) is 5.75 Å². The van der Waals surface area contributed by atoms with E-state index in [0.717, 1.165) is 33.7 Å². The molecule has 0 amide bonds. The third-order valence-electron chi connectivity index (χ3n) is 4.41. The lowest BCUT2D eigenvalue weighted by atomic mass is 10.2. The van der Waals surface area contributed by atoms with Gasteiger partial charge in [0, 0.05) is 17.3 Å². The number of para-hydroxylation sites is 1. The summed E-state index contributed by atoms with van der Waals surface area (Å²) in [6.07, 6.45) is -4.39. The van der Waals surface area contributed by atoms with Gasteiger partial charge in [-0.2, -0.15) is 13.2 Å². The van der Waals surface area contributed by atoms with Crippen LogP contribution in [0.3, 0.4) is 0 Å². The molecule has 2 aromatic carbocycles. The van der Waals surface area contributed by atoms with Gasteiger partial charge < -0.3 is 4.57 Å². The van der Waals surface area contributed by atoms with E-state index in [1.54, 1.807) is 23.4 Å². The number of benzene rings is 2. The van der Waals surface area contributed by atoms with Crippen LogP contribution in [-0.2, 0) is 13.2 Å². The molecule has 0 aliphatic carbocycles. The molecule has 2 heterocycles. The summed E-state index contributed by atoms with van der Waals surface area (Å²) in [5.74, 6) is 1.42. The van der Waals surface area contributed by atoms with Crippen molar-refractivity contribution in [1.82, 2.24) is 14.5 Å². The highest BCUT2D eigenvalue weighted by Crippen LogP contribution is 2.35. The molecule has 0 fully saturated rings. The van der Waals surface area contributed by atoms with Gasteiger partial charge in [0.05, 0.1) is 22.1 Å². The van der Waals surface area contributed by atoms with Crippen molar-refractivity contribution in [2.24, 2.45) is 7.05 Å². The van der Waals surface area contributed by atoms with Crippen molar-refractivity contribution in [1.29, 1.82) is 0 Å². The van der Waals surface area contributed by atoms with Crippen LogP contribution in [0.25, 0.3) is 33.5 Å². The normalized spacial score (nSPS) is 12.2. The lowest BCUT2D eigenvalue weighted by Crippen LogP contribution is -2.04. The van der Waals surface area contributed by atoms with Crippen LogP contribution in [-0.4, -0.2) is 20.3 Å². The van der Waals surface area contributed by atoms with Crippen molar-refractivity contribution in [3.8, 4) is 11.5 Å². The quantitative estimate of drug-likeness (QED) is 0.409. The Morgan fingerprint density at radius 2 is 1.78 bits per heavy atom. The highest BCUT2D eigenvalue weighted by atomic mass is 32.2. The number of hydrogen-bond donors (Lipinski definition) is 0. The number of imidazole rings is 1. The van der Waals surface area contributed by atoms with Gasteiger partial charge in [0.25, 0.3) is 0 Å². The van der Waals surface area contributed by atoms with Gasteiger partial charge in [-0.15, -0.1) is 11.8 Å². The second-order valence-corrected chi connectivity index (χ2v) is 7.46. The van der Waals surface area contributed by atoms with E-state index in [9.17, 15) is 13.2 Å². The average molecular weight is 387 g/mol. The van der Waals surface area contributed by atoms with E-state index in [4.69, 9.17) is 4.98 Å². The van der Waals surface area contributed by atoms with Gasteiger partial charge in [-0.05, 0) is 36.1 Å². The Labute approximate surface area is 158 Å². The first-order valence-corrected chi connectivity index (χ1v) is 9.43. The molecule has 4 aromatic rings. The Bertz CT molecular complexity index is 1150. The topological polar surface area (TPSA) is 30.7 Å². The first-order valence-electron chi connectivity index (χ1n) is 8.45. The molecule has 0 spiro atoms. The molecule has 0 saturated heterocycles. The van der Waals surface area contributed by atoms with Crippen LogP contribution >= 0.6 is 11.8 Å². The summed E-state index contributed by atoms with van der Waals surface area (Å²) in [7, 11) is 1.80. The predicted octanol–water partition coefficient (Wildman–Crippen LogP) is 5.92. The number of pyridine rings is 1. The van der Waals surface area contributed by atoms with Gasteiger partial charge in [-0.25, -0.2) is 9.97 Å². The number of aromatic nitrogens is 3. The summed E-state index contributed by atoms with van der Waals surface area (Å²) in [4.78, 5) is 10.2. The van der Waals surface area contributed by atoms with E-state index in [1.807, 2.05) is 31.2 Å². The zero-order chi connectivity index (χ0) is 19.2. The zero-order valence-electron chi connectivity index (χ0n) is 14.7. The Hall–Kier alpha value is -2.54. The minimum absolute atomic E-state index is 0.310.